The van der Waals surface area contributed by atoms with Gasteiger partial charge in [0.2, 0.25) is 0 Å². The van der Waals surface area contributed by atoms with Crippen molar-refractivity contribution in [3.63, 3.8) is 0 Å². The molecule has 0 saturated carbocycles. The predicted octanol–water partition coefficient (Wildman–Crippen LogP) is 2.19. The molecule has 0 saturated heterocycles. The Bertz CT molecular complexity index is 952. The fourth-order valence-electron chi connectivity index (χ4n) is 3.35. The number of nitrogens with one attached hydrogen (secondary N) is 5. The molecule has 0 bridgehead atoms. The molecular weight excluding hydrogens is 397 g/mol. The van der Waals surface area contributed by atoms with E-state index in [0.29, 0.717) is 13.0 Å². The molecule has 7 nitrogen and oxygen atoms in total. The Morgan fingerprint density at radius 2 is 1.97 bits per heavy atom. The molecule has 0 fully saturated rings. The van der Waals surface area contributed by atoms with Gasteiger partial charge in [0.05, 0.1) is 11.1 Å². The van der Waals surface area contributed by atoms with Gasteiger partial charge in [-0.15, -0.1) is 0 Å². The first kappa shape index (κ1) is 20.6. The van der Waals surface area contributed by atoms with Crippen LogP contribution in [0.25, 0.3) is 0 Å². The molecule has 0 aliphatic heterocycles. The van der Waals surface area contributed by atoms with Crippen LogP contribution in [0.1, 0.15) is 17.2 Å². The van der Waals surface area contributed by atoms with E-state index in [0.717, 1.165) is 17.2 Å². The first-order valence-corrected chi connectivity index (χ1v) is 9.41. The summed E-state index contributed by atoms with van der Waals surface area (Å²) in [7, 11) is 1.64. The third-order valence-electron chi connectivity index (χ3n) is 4.80. The number of anilines is 1. The van der Waals surface area contributed by atoms with Crippen molar-refractivity contribution in [3.8, 4) is 0 Å². The molecule has 1 aliphatic rings. The summed E-state index contributed by atoms with van der Waals surface area (Å²) >= 11 is 5.63. The molecule has 2 atom stereocenters. The van der Waals surface area contributed by atoms with Crippen molar-refractivity contribution in [2.75, 3.05) is 18.9 Å². The van der Waals surface area contributed by atoms with Crippen molar-refractivity contribution >= 4 is 35.1 Å². The first-order chi connectivity index (χ1) is 13.9. The molecule has 0 heterocycles. The van der Waals surface area contributed by atoms with Crippen LogP contribution in [0.4, 0.5) is 10.1 Å². The van der Waals surface area contributed by atoms with E-state index < -0.39 is 17.6 Å². The lowest BCUT2D eigenvalue weighted by atomic mass is 10.0. The maximum Gasteiger partial charge on any atom is 0.313 e. The Kier molecular flexibility index (Phi) is 6.33. The van der Waals surface area contributed by atoms with Gasteiger partial charge in [-0.05, 0) is 35.7 Å². The van der Waals surface area contributed by atoms with Crippen molar-refractivity contribution in [2.45, 2.75) is 12.5 Å². The molecule has 2 aromatic rings. The minimum Gasteiger partial charge on any atom is -0.360 e. The highest BCUT2D eigenvalue weighted by Gasteiger charge is 2.34. The van der Waals surface area contributed by atoms with E-state index in [1.54, 1.807) is 7.05 Å². The summed E-state index contributed by atoms with van der Waals surface area (Å²) in [6.45, 7) is 0.448. The highest BCUT2D eigenvalue weighted by Crippen LogP contribution is 2.35. The Morgan fingerprint density at radius 1 is 1.21 bits per heavy atom. The molecule has 0 spiro atoms. The lowest BCUT2D eigenvalue weighted by molar-refractivity contribution is -0.136. The summed E-state index contributed by atoms with van der Waals surface area (Å²) in [6, 6.07) is 11.1. The number of fused-ring (bicyclic) bond motifs is 1. The van der Waals surface area contributed by atoms with Gasteiger partial charge < -0.3 is 21.3 Å². The van der Waals surface area contributed by atoms with Crippen LogP contribution in [0.3, 0.4) is 0 Å². The molecule has 0 radical (unpaired) electrons. The Balaban J connectivity index is 1.70. The van der Waals surface area contributed by atoms with Crippen molar-refractivity contribution in [3.05, 3.63) is 64.4 Å². The SMILES string of the molecule is CNC(=N)NCC1Cc2ccccc2[C@@H]1NC(=O)C(=O)Nc1ccc(Cl)c(F)c1. The van der Waals surface area contributed by atoms with E-state index in [4.69, 9.17) is 17.0 Å². The number of halogens is 2. The molecule has 1 unspecified atom stereocenters. The van der Waals surface area contributed by atoms with Crippen LogP contribution >= 0.6 is 11.6 Å². The molecule has 2 aromatic carbocycles. The van der Waals surface area contributed by atoms with Crippen molar-refractivity contribution in [2.24, 2.45) is 5.92 Å². The Morgan fingerprint density at radius 3 is 2.69 bits per heavy atom. The van der Waals surface area contributed by atoms with Gasteiger partial charge in [-0.1, -0.05) is 35.9 Å². The van der Waals surface area contributed by atoms with Gasteiger partial charge in [-0.3, -0.25) is 15.0 Å². The van der Waals surface area contributed by atoms with Crippen LogP contribution in [0.15, 0.2) is 42.5 Å². The standard InChI is InChI=1S/C20H21ClFN5O2/c1-24-20(23)25-10-12-8-11-4-2-3-5-14(11)17(12)27-19(29)18(28)26-13-6-7-15(21)16(22)9-13/h2-7,9,12,17H,8,10H2,1H3,(H,26,28)(H,27,29)(H3,23,24,25)/t12?,17-/m1/s1. The van der Waals surface area contributed by atoms with Crippen molar-refractivity contribution < 1.29 is 14.0 Å². The van der Waals surface area contributed by atoms with E-state index in [1.807, 2.05) is 24.3 Å². The lowest BCUT2D eigenvalue weighted by Crippen LogP contribution is -2.43. The third-order valence-corrected chi connectivity index (χ3v) is 5.11. The van der Waals surface area contributed by atoms with E-state index in [1.165, 1.54) is 12.1 Å². The molecule has 0 aromatic heterocycles. The lowest BCUT2D eigenvalue weighted by Gasteiger charge is -2.22. The number of carbonyl (C=O) groups excluding carboxylic acids is 2. The molecule has 1 aliphatic carbocycles. The summed E-state index contributed by atoms with van der Waals surface area (Å²) in [5.41, 5.74) is 2.16. The highest BCUT2D eigenvalue weighted by atomic mass is 35.5. The molecule has 3 rings (SSSR count). The maximum absolute atomic E-state index is 13.5. The van der Waals surface area contributed by atoms with Crippen LogP contribution in [0.2, 0.25) is 5.02 Å². The zero-order chi connectivity index (χ0) is 21.0. The Hall–Kier alpha value is -3.13. The second-order valence-corrected chi connectivity index (χ2v) is 7.11. The average molecular weight is 418 g/mol. The molecule has 5 N–H and O–H groups in total. The van der Waals surface area contributed by atoms with E-state index in [2.05, 4.69) is 21.3 Å². The number of rotatable bonds is 4. The van der Waals surface area contributed by atoms with E-state index in [-0.39, 0.29) is 28.6 Å². The van der Waals surface area contributed by atoms with Crippen molar-refractivity contribution in [1.29, 1.82) is 5.41 Å². The van der Waals surface area contributed by atoms with Crippen LogP contribution in [-0.2, 0) is 16.0 Å². The third kappa shape index (κ3) is 4.83. The summed E-state index contributed by atoms with van der Waals surface area (Å²) in [4.78, 5) is 24.8. The monoisotopic (exact) mass is 417 g/mol. The van der Waals surface area contributed by atoms with Gasteiger partial charge in [-0.25, -0.2) is 4.39 Å². The molecule has 29 heavy (non-hydrogen) atoms. The largest absolute Gasteiger partial charge is 0.360 e. The number of guanidine groups is 1. The number of carbonyl (C=O) groups is 2. The zero-order valence-electron chi connectivity index (χ0n) is 15.7. The van der Waals surface area contributed by atoms with Crippen LogP contribution < -0.4 is 21.3 Å². The van der Waals surface area contributed by atoms with Crippen LogP contribution in [0.5, 0.6) is 0 Å². The molecular formula is C20H21ClFN5O2. The fourth-order valence-corrected chi connectivity index (χ4v) is 3.47. The summed E-state index contributed by atoms with van der Waals surface area (Å²) in [6.07, 6.45) is 0.704. The second kappa shape index (κ2) is 8.91. The Labute approximate surface area is 172 Å². The fraction of sp³-hybridized carbons (Fsp3) is 0.250. The minimum atomic E-state index is -0.897. The van der Waals surface area contributed by atoms with Crippen LogP contribution in [0, 0.1) is 17.1 Å². The summed E-state index contributed by atoms with van der Waals surface area (Å²) in [5.74, 6) is -2.27. The number of benzene rings is 2. The quantitative estimate of drug-likeness (QED) is 0.298. The number of hydrogen-bond acceptors (Lipinski definition) is 3. The van der Waals surface area contributed by atoms with Gasteiger partial charge in [0, 0.05) is 25.2 Å². The van der Waals surface area contributed by atoms with Gasteiger partial charge in [-0.2, -0.15) is 0 Å². The molecule has 2 amide bonds. The van der Waals surface area contributed by atoms with Gasteiger partial charge >= 0.3 is 11.8 Å². The first-order valence-electron chi connectivity index (χ1n) is 9.04. The van der Waals surface area contributed by atoms with E-state index in [9.17, 15) is 14.0 Å². The van der Waals surface area contributed by atoms with Gasteiger partial charge in [0.15, 0.2) is 5.96 Å². The smallest absolute Gasteiger partial charge is 0.313 e. The van der Waals surface area contributed by atoms with Crippen molar-refractivity contribution in [1.82, 2.24) is 16.0 Å². The molecule has 152 valence electrons. The van der Waals surface area contributed by atoms with E-state index >= 15 is 0 Å². The zero-order valence-corrected chi connectivity index (χ0v) is 16.4. The van der Waals surface area contributed by atoms with Crippen LogP contribution in [-0.4, -0.2) is 31.4 Å². The maximum atomic E-state index is 13.5. The van der Waals surface area contributed by atoms with Gasteiger partial charge in [0.1, 0.15) is 5.82 Å². The topological polar surface area (TPSA) is 106 Å². The normalized spacial score (nSPS) is 17.2. The van der Waals surface area contributed by atoms with Gasteiger partial charge in [0.25, 0.3) is 0 Å². The minimum absolute atomic E-state index is 0.0363. The average Bonchev–Trinajstić information content (AvgIpc) is 3.06. The number of hydrogen-bond donors (Lipinski definition) is 5. The second-order valence-electron chi connectivity index (χ2n) is 6.70. The predicted molar refractivity (Wildman–Crippen MR) is 109 cm³/mol. The molecule has 9 heteroatoms. The number of amides is 2. The summed E-state index contributed by atoms with van der Waals surface area (Å²) < 4.78 is 13.5. The highest BCUT2D eigenvalue weighted by molar-refractivity contribution is 6.39. The summed E-state index contributed by atoms with van der Waals surface area (Å²) in [5, 5.41) is 18.4.